The Hall–Kier alpha value is -2.34. The first-order valence-electron chi connectivity index (χ1n) is 8.36. The summed E-state index contributed by atoms with van der Waals surface area (Å²) < 4.78 is 0. The van der Waals surface area contributed by atoms with Crippen molar-refractivity contribution in [2.75, 3.05) is 0 Å². The number of hydrogen-bond acceptors (Lipinski definition) is 5. The fourth-order valence-electron chi connectivity index (χ4n) is 3.31. The number of hydrogen-bond donors (Lipinski definition) is 2. The Morgan fingerprint density at radius 3 is 2.62 bits per heavy atom. The van der Waals surface area contributed by atoms with Gasteiger partial charge in [-0.05, 0) is 43.4 Å². The van der Waals surface area contributed by atoms with Gasteiger partial charge in [0.1, 0.15) is 6.33 Å². The highest BCUT2D eigenvalue weighted by molar-refractivity contribution is 5.94. The minimum atomic E-state index is -0.488. The Morgan fingerprint density at radius 1 is 1.17 bits per heavy atom. The minimum Gasteiger partial charge on any atom is -0.392 e. The molecule has 3 rings (SSSR count). The van der Waals surface area contributed by atoms with Gasteiger partial charge in [0.2, 0.25) is 0 Å². The molecule has 0 aromatic carbocycles. The third-order valence-electron chi connectivity index (χ3n) is 4.61. The van der Waals surface area contributed by atoms with Crippen LogP contribution in [0.1, 0.15) is 58.9 Å². The van der Waals surface area contributed by atoms with Gasteiger partial charge in [-0.1, -0.05) is 12.8 Å². The largest absolute Gasteiger partial charge is 0.392 e. The lowest BCUT2D eigenvalue weighted by Crippen LogP contribution is -2.27. The Bertz CT molecular complexity index is 705. The summed E-state index contributed by atoms with van der Waals surface area (Å²) in [7, 11) is 0. The number of aryl methyl sites for hydroxylation is 2. The molecule has 0 radical (unpaired) electrons. The van der Waals surface area contributed by atoms with Gasteiger partial charge >= 0.3 is 0 Å². The van der Waals surface area contributed by atoms with Gasteiger partial charge in [-0.25, -0.2) is 9.97 Å². The van der Waals surface area contributed by atoms with Crippen LogP contribution in [0, 0.1) is 0 Å². The number of primary amides is 1. The first kappa shape index (κ1) is 16.5. The van der Waals surface area contributed by atoms with Crippen LogP contribution in [0.2, 0.25) is 0 Å². The van der Waals surface area contributed by atoms with Crippen molar-refractivity contribution in [3.05, 3.63) is 53.4 Å². The normalized spacial score (nSPS) is 20.7. The molecule has 6 nitrogen and oxygen atoms in total. The molecule has 0 unspecified atom stereocenters. The van der Waals surface area contributed by atoms with E-state index in [4.69, 9.17) is 5.73 Å². The first-order valence-corrected chi connectivity index (χ1v) is 8.36. The summed E-state index contributed by atoms with van der Waals surface area (Å²) in [6.07, 6.45) is 9.75. The van der Waals surface area contributed by atoms with Crippen molar-refractivity contribution >= 4 is 5.91 Å². The highest BCUT2D eigenvalue weighted by Crippen LogP contribution is 2.34. The molecule has 6 heteroatoms. The van der Waals surface area contributed by atoms with Crippen LogP contribution in [0.4, 0.5) is 0 Å². The van der Waals surface area contributed by atoms with Gasteiger partial charge in [0, 0.05) is 24.0 Å². The van der Waals surface area contributed by atoms with Crippen LogP contribution in [0.15, 0.2) is 30.9 Å². The number of nitrogens with two attached hydrogens (primary N) is 1. The van der Waals surface area contributed by atoms with Crippen LogP contribution in [-0.2, 0) is 12.8 Å². The number of aromatic nitrogens is 3. The third kappa shape index (κ3) is 3.76. The third-order valence-corrected chi connectivity index (χ3v) is 4.61. The van der Waals surface area contributed by atoms with Gasteiger partial charge in [0.25, 0.3) is 5.91 Å². The number of carbonyl (C=O) groups excluding carboxylic acids is 1. The lowest BCUT2D eigenvalue weighted by Gasteiger charge is -2.28. The maximum Gasteiger partial charge on any atom is 0.250 e. The predicted octanol–water partition coefficient (Wildman–Crippen LogP) is 1.77. The molecule has 0 spiro atoms. The monoisotopic (exact) mass is 326 g/mol. The number of aliphatic hydroxyl groups excluding tert-OH is 1. The van der Waals surface area contributed by atoms with Crippen molar-refractivity contribution in [1.29, 1.82) is 0 Å². The van der Waals surface area contributed by atoms with Crippen LogP contribution in [-0.4, -0.2) is 32.1 Å². The quantitative estimate of drug-likeness (QED) is 0.872. The molecule has 24 heavy (non-hydrogen) atoms. The molecule has 1 fully saturated rings. The zero-order chi connectivity index (χ0) is 16.9. The van der Waals surface area contributed by atoms with Gasteiger partial charge in [-0.3, -0.25) is 9.78 Å². The highest BCUT2D eigenvalue weighted by atomic mass is 16.3. The second-order valence-corrected chi connectivity index (χ2v) is 6.30. The fourth-order valence-corrected chi connectivity index (χ4v) is 3.31. The Labute approximate surface area is 141 Å². The summed E-state index contributed by atoms with van der Waals surface area (Å²) in [6, 6.07) is 3.57. The Kier molecular flexibility index (Phi) is 5.15. The maximum atomic E-state index is 11.7. The molecule has 0 bridgehead atoms. The summed E-state index contributed by atoms with van der Waals surface area (Å²) >= 11 is 0. The molecule has 3 N–H and O–H groups in total. The maximum absolute atomic E-state index is 11.7. The molecule has 2 aromatic heterocycles. The van der Waals surface area contributed by atoms with E-state index in [0.29, 0.717) is 11.3 Å². The lowest BCUT2D eigenvalue weighted by molar-refractivity contribution is 0.0971. The van der Waals surface area contributed by atoms with Gasteiger partial charge in [-0.2, -0.15) is 0 Å². The molecule has 1 aliphatic carbocycles. The van der Waals surface area contributed by atoms with E-state index in [1.54, 1.807) is 18.5 Å². The average Bonchev–Trinajstić information content (AvgIpc) is 2.61. The SMILES string of the molecule is NC(=O)c1ccc(CCc2cncnc2)nc1[C@H]1CCCC[C@H]1O. The molecule has 2 atom stereocenters. The van der Waals surface area contributed by atoms with Crippen molar-refractivity contribution in [2.24, 2.45) is 5.73 Å². The van der Waals surface area contributed by atoms with E-state index in [1.807, 2.05) is 6.07 Å². The Morgan fingerprint density at radius 2 is 1.92 bits per heavy atom. The second kappa shape index (κ2) is 7.49. The summed E-state index contributed by atoms with van der Waals surface area (Å²) in [4.78, 5) is 24.4. The summed E-state index contributed by atoms with van der Waals surface area (Å²) in [5.41, 5.74) is 8.50. The topological polar surface area (TPSA) is 102 Å². The average molecular weight is 326 g/mol. The molecule has 126 valence electrons. The van der Waals surface area contributed by atoms with Gasteiger partial charge in [0.15, 0.2) is 0 Å². The molecule has 1 aliphatic rings. The summed E-state index contributed by atoms with van der Waals surface area (Å²) in [5.74, 6) is -0.598. The van der Waals surface area contributed by atoms with Crippen molar-refractivity contribution < 1.29 is 9.90 Å². The van der Waals surface area contributed by atoms with Crippen molar-refractivity contribution in [2.45, 2.75) is 50.5 Å². The zero-order valence-electron chi connectivity index (χ0n) is 13.6. The van der Waals surface area contributed by atoms with Crippen molar-refractivity contribution in [3.63, 3.8) is 0 Å². The van der Waals surface area contributed by atoms with Gasteiger partial charge in [-0.15, -0.1) is 0 Å². The van der Waals surface area contributed by atoms with E-state index in [1.165, 1.54) is 6.33 Å². The number of nitrogens with zero attached hydrogens (tertiary/aromatic N) is 3. The number of carbonyl (C=O) groups is 1. The first-order chi connectivity index (χ1) is 11.6. The van der Waals surface area contributed by atoms with E-state index in [2.05, 4.69) is 15.0 Å². The van der Waals surface area contributed by atoms with Gasteiger partial charge < -0.3 is 10.8 Å². The standard InChI is InChI=1S/C18H22N4O2/c19-18(24)15-8-7-13(6-5-12-9-20-11-21-10-12)22-17(15)14-3-1-2-4-16(14)23/h7-11,14,16,23H,1-6H2,(H2,19,24)/t14-,16+/m0/s1. The van der Waals surface area contributed by atoms with E-state index in [9.17, 15) is 9.90 Å². The molecule has 1 saturated carbocycles. The lowest BCUT2D eigenvalue weighted by atomic mass is 9.82. The second-order valence-electron chi connectivity index (χ2n) is 6.30. The molecular formula is C18H22N4O2. The van der Waals surface area contributed by atoms with Crippen molar-refractivity contribution in [1.82, 2.24) is 15.0 Å². The van der Waals surface area contributed by atoms with E-state index in [-0.39, 0.29) is 5.92 Å². The molecule has 0 saturated heterocycles. The number of rotatable bonds is 5. The van der Waals surface area contributed by atoms with Crippen LogP contribution in [0.25, 0.3) is 0 Å². The van der Waals surface area contributed by atoms with Crippen molar-refractivity contribution in [3.8, 4) is 0 Å². The molecule has 2 heterocycles. The number of amides is 1. The minimum absolute atomic E-state index is 0.110. The molecule has 0 aliphatic heterocycles. The predicted molar refractivity (Wildman–Crippen MR) is 89.4 cm³/mol. The zero-order valence-corrected chi connectivity index (χ0v) is 13.6. The smallest absolute Gasteiger partial charge is 0.250 e. The van der Waals surface area contributed by atoms with Gasteiger partial charge in [0.05, 0.1) is 17.4 Å². The Balaban J connectivity index is 1.83. The van der Waals surface area contributed by atoms with Crippen LogP contribution < -0.4 is 5.73 Å². The summed E-state index contributed by atoms with van der Waals surface area (Å²) in [5, 5.41) is 10.3. The molecule has 1 amide bonds. The highest BCUT2D eigenvalue weighted by Gasteiger charge is 2.29. The van der Waals surface area contributed by atoms with E-state index >= 15 is 0 Å². The van der Waals surface area contributed by atoms with Crippen LogP contribution >= 0.6 is 0 Å². The number of aliphatic hydroxyl groups is 1. The van der Waals surface area contributed by atoms with Crippen LogP contribution in [0.3, 0.4) is 0 Å². The summed E-state index contributed by atoms with van der Waals surface area (Å²) in [6.45, 7) is 0. The molecular weight excluding hydrogens is 304 g/mol. The van der Waals surface area contributed by atoms with E-state index in [0.717, 1.165) is 49.8 Å². The van der Waals surface area contributed by atoms with E-state index < -0.39 is 12.0 Å². The molecule has 2 aromatic rings. The fraction of sp³-hybridized carbons (Fsp3) is 0.444. The number of pyridine rings is 1. The van der Waals surface area contributed by atoms with Crippen LogP contribution in [0.5, 0.6) is 0 Å².